The van der Waals surface area contributed by atoms with E-state index in [4.69, 9.17) is 10.1 Å². The molecule has 26 heavy (non-hydrogen) atoms. The lowest BCUT2D eigenvalue weighted by Gasteiger charge is -2.05. The Balaban J connectivity index is 3.07. The highest BCUT2D eigenvalue weighted by Gasteiger charge is 2.02. The normalized spacial score (nSPS) is 11.0. The first-order chi connectivity index (χ1) is 12.7. The second-order valence-corrected chi connectivity index (χ2v) is 7.81. The predicted octanol–water partition coefficient (Wildman–Crippen LogP) is 7.26. The zero-order valence-corrected chi connectivity index (χ0v) is 17.8. The number of carbonyl (C=O) groups is 1. The van der Waals surface area contributed by atoms with Gasteiger partial charge in [0.2, 0.25) is 0 Å². The molecule has 154 valence electrons. The minimum absolute atomic E-state index is 0.204. The summed E-state index contributed by atoms with van der Waals surface area (Å²) in [6.07, 6.45) is 20.5. The number of carbonyl (C=O) groups excluding carboxylic acids is 1. The molecule has 0 aliphatic carbocycles. The third kappa shape index (κ3) is 21.3. The lowest BCUT2D eigenvalue weighted by molar-refractivity contribution is -0.118. The molecule has 0 saturated carbocycles. The second kappa shape index (κ2) is 20.6. The molecule has 0 bridgehead atoms. The number of ether oxygens (including phenoxy) is 1. The molecule has 0 amide bonds. The Morgan fingerprint density at radius 1 is 0.692 bits per heavy atom. The molecule has 0 atom stereocenters. The van der Waals surface area contributed by atoms with Gasteiger partial charge in [-0.15, -0.1) is 0 Å². The molecule has 0 saturated heterocycles. The number of rotatable bonds is 21. The predicted molar refractivity (Wildman–Crippen MR) is 113 cm³/mol. The van der Waals surface area contributed by atoms with Gasteiger partial charge in [0.05, 0.1) is 0 Å². The maximum atomic E-state index is 11.5. The van der Waals surface area contributed by atoms with E-state index >= 15 is 0 Å². The summed E-state index contributed by atoms with van der Waals surface area (Å²) in [4.78, 5) is 11.5. The van der Waals surface area contributed by atoms with Gasteiger partial charge in [0, 0.05) is 31.8 Å². The molecule has 0 aromatic rings. The van der Waals surface area contributed by atoms with E-state index in [-0.39, 0.29) is 5.78 Å². The van der Waals surface area contributed by atoms with Gasteiger partial charge in [-0.1, -0.05) is 84.0 Å². The molecule has 0 fully saturated rings. The summed E-state index contributed by atoms with van der Waals surface area (Å²) >= 11 is 0. The summed E-state index contributed by atoms with van der Waals surface area (Å²) in [5.41, 5.74) is 0.473. The molecule has 0 radical (unpaired) electrons. The van der Waals surface area contributed by atoms with Crippen molar-refractivity contribution in [3.05, 3.63) is 0 Å². The van der Waals surface area contributed by atoms with Gasteiger partial charge in [0.25, 0.3) is 0 Å². The van der Waals surface area contributed by atoms with E-state index in [1.54, 1.807) is 6.92 Å². The van der Waals surface area contributed by atoms with Crippen LogP contribution in [0, 0.1) is 5.41 Å². The van der Waals surface area contributed by atoms with Gasteiger partial charge in [-0.25, -0.2) is 0 Å². The summed E-state index contributed by atoms with van der Waals surface area (Å²) in [5.74, 6) is 0.204. The molecule has 0 aromatic carbocycles. The Bertz CT molecular complexity index is 328. The van der Waals surface area contributed by atoms with E-state index in [2.05, 4.69) is 6.92 Å². The van der Waals surface area contributed by atoms with Crippen LogP contribution in [-0.2, 0) is 9.53 Å². The van der Waals surface area contributed by atoms with Crippen molar-refractivity contribution in [3.8, 4) is 0 Å². The van der Waals surface area contributed by atoms with Crippen LogP contribution in [0.5, 0.6) is 0 Å². The number of ketones is 1. The van der Waals surface area contributed by atoms with Gasteiger partial charge in [-0.05, 0) is 26.2 Å². The molecular weight excluding hydrogens is 322 g/mol. The first kappa shape index (κ1) is 25.3. The molecule has 0 aliphatic rings. The Hall–Kier alpha value is -0.700. The van der Waals surface area contributed by atoms with E-state index in [0.717, 1.165) is 32.5 Å². The quantitative estimate of drug-likeness (QED) is 0.171. The van der Waals surface area contributed by atoms with Crippen LogP contribution >= 0.6 is 0 Å². The maximum Gasteiger partial charge on any atom is 0.138 e. The van der Waals surface area contributed by atoms with Crippen LogP contribution in [0.25, 0.3) is 0 Å². The second-order valence-electron chi connectivity index (χ2n) is 7.81. The van der Waals surface area contributed by atoms with Crippen LogP contribution in [0.2, 0.25) is 0 Å². The zero-order chi connectivity index (χ0) is 19.3. The lowest BCUT2D eigenvalue weighted by Crippen LogP contribution is -2.03. The van der Waals surface area contributed by atoms with Crippen molar-refractivity contribution in [2.45, 2.75) is 123 Å². The third-order valence-electron chi connectivity index (χ3n) is 4.85. The molecule has 0 unspecified atom stereocenters. The third-order valence-corrected chi connectivity index (χ3v) is 4.85. The van der Waals surface area contributed by atoms with Crippen LogP contribution in [-0.4, -0.2) is 24.7 Å². The summed E-state index contributed by atoms with van der Waals surface area (Å²) < 4.78 is 5.68. The van der Waals surface area contributed by atoms with Gasteiger partial charge < -0.3 is 10.1 Å². The van der Waals surface area contributed by atoms with Gasteiger partial charge in [0.15, 0.2) is 0 Å². The summed E-state index contributed by atoms with van der Waals surface area (Å²) in [6, 6.07) is 0. The van der Waals surface area contributed by atoms with E-state index in [1.165, 1.54) is 77.0 Å². The molecule has 0 aliphatic heterocycles. The minimum Gasteiger partial charge on any atom is -0.381 e. The first-order valence-electron chi connectivity index (χ1n) is 11.3. The number of hydrogen-bond acceptors (Lipinski definition) is 3. The van der Waals surface area contributed by atoms with Gasteiger partial charge in [-0.3, -0.25) is 4.79 Å². The molecule has 3 nitrogen and oxygen atoms in total. The van der Waals surface area contributed by atoms with Crippen molar-refractivity contribution >= 4 is 11.5 Å². The van der Waals surface area contributed by atoms with Crippen molar-refractivity contribution in [1.29, 1.82) is 5.41 Å². The minimum atomic E-state index is 0.204. The smallest absolute Gasteiger partial charge is 0.138 e. The van der Waals surface area contributed by atoms with Crippen molar-refractivity contribution in [2.75, 3.05) is 13.2 Å². The first-order valence-corrected chi connectivity index (χ1v) is 11.3. The highest BCUT2D eigenvalue weighted by atomic mass is 16.5. The maximum absolute atomic E-state index is 11.5. The molecule has 0 spiro atoms. The molecule has 0 heterocycles. The fourth-order valence-electron chi connectivity index (χ4n) is 3.23. The average molecular weight is 368 g/mol. The fraction of sp³-hybridized carbons (Fsp3) is 0.913. The van der Waals surface area contributed by atoms with Crippen molar-refractivity contribution in [1.82, 2.24) is 0 Å². The van der Waals surface area contributed by atoms with E-state index < -0.39 is 0 Å². The van der Waals surface area contributed by atoms with Crippen molar-refractivity contribution in [2.24, 2.45) is 0 Å². The Kier molecular flexibility index (Phi) is 20.1. The monoisotopic (exact) mass is 367 g/mol. The SMILES string of the molecule is CCCCCCCCCCCCCCOCCCCCC(=O)CC(C)=N. The number of nitrogens with one attached hydrogen (secondary N) is 1. The van der Waals surface area contributed by atoms with E-state index in [0.29, 0.717) is 18.6 Å². The van der Waals surface area contributed by atoms with Crippen LogP contribution < -0.4 is 0 Å². The van der Waals surface area contributed by atoms with Crippen LogP contribution in [0.15, 0.2) is 0 Å². The number of unbranched alkanes of at least 4 members (excludes halogenated alkanes) is 13. The number of Topliss-reactive ketones (excluding diaryl/α,β-unsaturated/α-hetero) is 1. The Morgan fingerprint density at radius 2 is 1.12 bits per heavy atom. The summed E-state index contributed by atoms with van der Waals surface area (Å²) in [7, 11) is 0. The van der Waals surface area contributed by atoms with E-state index in [9.17, 15) is 4.79 Å². The highest BCUT2D eigenvalue weighted by Crippen LogP contribution is 2.12. The summed E-state index contributed by atoms with van der Waals surface area (Å²) in [6.45, 7) is 5.69. The standard InChI is InChI=1S/C23H45NO2/c1-3-4-5-6-7-8-9-10-11-12-13-16-19-26-20-17-14-15-18-23(25)21-22(2)24/h24H,3-21H2,1-2H3. The highest BCUT2D eigenvalue weighted by molar-refractivity contribution is 5.99. The number of hydrogen-bond donors (Lipinski definition) is 1. The topological polar surface area (TPSA) is 50.2 Å². The van der Waals surface area contributed by atoms with Gasteiger partial charge >= 0.3 is 0 Å². The Labute approximate surface area is 163 Å². The van der Waals surface area contributed by atoms with Crippen LogP contribution in [0.4, 0.5) is 0 Å². The fourth-order valence-corrected chi connectivity index (χ4v) is 3.23. The van der Waals surface area contributed by atoms with Crippen molar-refractivity contribution in [3.63, 3.8) is 0 Å². The van der Waals surface area contributed by atoms with Crippen LogP contribution in [0.1, 0.15) is 123 Å². The van der Waals surface area contributed by atoms with Crippen molar-refractivity contribution < 1.29 is 9.53 Å². The van der Waals surface area contributed by atoms with Gasteiger partial charge in [-0.2, -0.15) is 0 Å². The van der Waals surface area contributed by atoms with E-state index in [1.807, 2.05) is 0 Å². The lowest BCUT2D eigenvalue weighted by atomic mass is 10.1. The van der Waals surface area contributed by atoms with Gasteiger partial charge in [0.1, 0.15) is 5.78 Å². The molecular formula is C23H45NO2. The zero-order valence-electron chi connectivity index (χ0n) is 17.8. The van der Waals surface area contributed by atoms with Crippen LogP contribution in [0.3, 0.4) is 0 Å². The molecule has 0 rings (SSSR count). The molecule has 3 heteroatoms. The molecule has 0 aromatic heterocycles. The summed E-state index contributed by atoms with van der Waals surface area (Å²) in [5, 5.41) is 7.29. The largest absolute Gasteiger partial charge is 0.381 e. The molecule has 1 N–H and O–H groups in total. The Morgan fingerprint density at radius 3 is 1.58 bits per heavy atom. The average Bonchev–Trinajstić information content (AvgIpc) is 2.60.